The summed E-state index contributed by atoms with van der Waals surface area (Å²) in [5, 5.41) is 0.857. The first kappa shape index (κ1) is 15.8. The molecule has 0 atom stereocenters. The number of methoxy groups -OCH3 is 1. The number of aryl methyl sites for hydroxylation is 2. The van der Waals surface area contributed by atoms with Crippen molar-refractivity contribution in [3.63, 3.8) is 0 Å². The lowest BCUT2D eigenvalue weighted by Gasteiger charge is -2.21. The predicted octanol–water partition coefficient (Wildman–Crippen LogP) is 5.09. The second-order valence-electron chi connectivity index (χ2n) is 6.66. The molecule has 132 valence electrons. The molecule has 1 aliphatic heterocycles. The number of aromatic nitrogens is 3. The van der Waals surface area contributed by atoms with Crippen LogP contribution in [-0.2, 0) is 0 Å². The molecule has 0 unspecified atom stereocenters. The van der Waals surface area contributed by atoms with Crippen molar-refractivity contribution in [1.82, 2.24) is 15.0 Å². The average Bonchev–Trinajstić information content (AvgIpc) is 2.68. The topological polar surface area (TPSA) is 57.1 Å². The van der Waals surface area contributed by atoms with Crippen molar-refractivity contribution in [2.24, 2.45) is 0 Å². The van der Waals surface area contributed by atoms with Gasteiger partial charge in [0.05, 0.1) is 18.2 Å². The Morgan fingerprint density at radius 2 is 1.67 bits per heavy atom. The number of rotatable bonds is 2. The van der Waals surface area contributed by atoms with E-state index < -0.39 is 0 Å². The SMILES string of the molecule is COc1ccc(-c2cc3c4c(nc(C)nc4n2)Oc2ccc(C)cc2-3)cc1. The van der Waals surface area contributed by atoms with E-state index in [4.69, 9.17) is 14.5 Å². The molecule has 0 saturated heterocycles. The minimum absolute atomic E-state index is 0.567. The Kier molecular flexibility index (Phi) is 3.37. The molecular weight excluding hydrogens is 338 g/mol. The first-order valence-electron chi connectivity index (χ1n) is 8.75. The van der Waals surface area contributed by atoms with Crippen LogP contribution in [0, 0.1) is 13.8 Å². The van der Waals surface area contributed by atoms with Crippen molar-refractivity contribution in [3.8, 4) is 39.8 Å². The molecule has 0 radical (unpaired) electrons. The summed E-state index contributed by atoms with van der Waals surface area (Å²) >= 11 is 0. The molecule has 1 aliphatic rings. The van der Waals surface area contributed by atoms with E-state index in [-0.39, 0.29) is 0 Å². The van der Waals surface area contributed by atoms with Gasteiger partial charge in [-0.3, -0.25) is 0 Å². The van der Waals surface area contributed by atoms with Gasteiger partial charge >= 0.3 is 0 Å². The van der Waals surface area contributed by atoms with Crippen LogP contribution in [-0.4, -0.2) is 22.1 Å². The summed E-state index contributed by atoms with van der Waals surface area (Å²) in [5.74, 6) is 2.83. The Morgan fingerprint density at radius 1 is 0.852 bits per heavy atom. The molecular formula is C22H17N3O2. The molecule has 2 aromatic heterocycles. The molecule has 3 heterocycles. The van der Waals surface area contributed by atoms with Crippen molar-refractivity contribution >= 4 is 11.0 Å². The third-order valence-electron chi connectivity index (χ3n) is 4.76. The van der Waals surface area contributed by atoms with Crippen LogP contribution in [0.2, 0.25) is 0 Å². The minimum Gasteiger partial charge on any atom is -0.497 e. The highest BCUT2D eigenvalue weighted by atomic mass is 16.5. The summed E-state index contributed by atoms with van der Waals surface area (Å²) in [7, 11) is 1.66. The largest absolute Gasteiger partial charge is 0.497 e. The van der Waals surface area contributed by atoms with Gasteiger partial charge in [0.25, 0.3) is 0 Å². The maximum Gasteiger partial charge on any atom is 0.232 e. The van der Waals surface area contributed by atoms with Gasteiger partial charge in [0, 0.05) is 16.7 Å². The van der Waals surface area contributed by atoms with Crippen molar-refractivity contribution in [3.05, 3.63) is 59.9 Å². The maximum absolute atomic E-state index is 6.05. The van der Waals surface area contributed by atoms with Gasteiger partial charge in [-0.25, -0.2) is 9.97 Å². The van der Waals surface area contributed by atoms with E-state index in [0.29, 0.717) is 17.4 Å². The quantitative estimate of drug-likeness (QED) is 0.441. The monoisotopic (exact) mass is 355 g/mol. The lowest BCUT2D eigenvalue weighted by molar-refractivity contribution is 0.415. The summed E-state index contributed by atoms with van der Waals surface area (Å²) < 4.78 is 11.3. The van der Waals surface area contributed by atoms with Gasteiger partial charge in [-0.2, -0.15) is 4.98 Å². The predicted molar refractivity (Wildman–Crippen MR) is 104 cm³/mol. The molecule has 0 fully saturated rings. The van der Waals surface area contributed by atoms with Crippen LogP contribution in [0.5, 0.6) is 17.4 Å². The maximum atomic E-state index is 6.05. The Bertz CT molecular complexity index is 1200. The van der Waals surface area contributed by atoms with Gasteiger partial charge < -0.3 is 9.47 Å². The zero-order valence-electron chi connectivity index (χ0n) is 15.3. The first-order chi connectivity index (χ1) is 13.1. The summed E-state index contributed by atoms with van der Waals surface area (Å²) in [4.78, 5) is 13.8. The molecule has 0 amide bonds. The first-order valence-corrected chi connectivity index (χ1v) is 8.75. The Balaban J connectivity index is 1.82. The van der Waals surface area contributed by atoms with E-state index in [1.54, 1.807) is 7.11 Å². The molecule has 27 heavy (non-hydrogen) atoms. The highest BCUT2D eigenvalue weighted by Gasteiger charge is 2.24. The van der Waals surface area contributed by atoms with Gasteiger partial charge in [0.2, 0.25) is 5.88 Å². The average molecular weight is 355 g/mol. The van der Waals surface area contributed by atoms with Crippen molar-refractivity contribution < 1.29 is 9.47 Å². The Labute approximate surface area is 156 Å². The lowest BCUT2D eigenvalue weighted by atomic mass is 9.96. The zero-order valence-corrected chi connectivity index (χ0v) is 15.3. The van der Waals surface area contributed by atoms with Crippen LogP contribution in [0.1, 0.15) is 11.4 Å². The van der Waals surface area contributed by atoms with E-state index >= 15 is 0 Å². The van der Waals surface area contributed by atoms with Gasteiger partial charge in [-0.05, 0) is 56.3 Å². The van der Waals surface area contributed by atoms with Crippen LogP contribution in [0.3, 0.4) is 0 Å². The molecule has 4 aromatic rings. The Hall–Kier alpha value is -3.47. The fraction of sp³-hybridized carbons (Fsp3) is 0.136. The van der Waals surface area contributed by atoms with Gasteiger partial charge in [0.1, 0.15) is 17.3 Å². The second kappa shape index (κ2) is 5.77. The molecule has 0 aliphatic carbocycles. The molecule has 0 saturated carbocycles. The number of pyridine rings is 1. The van der Waals surface area contributed by atoms with Crippen LogP contribution in [0.4, 0.5) is 0 Å². The number of ether oxygens (including phenoxy) is 2. The van der Waals surface area contributed by atoms with Crippen LogP contribution in [0.15, 0.2) is 48.5 Å². The summed E-state index contributed by atoms with van der Waals surface area (Å²) in [6.45, 7) is 3.93. The number of hydrogen-bond donors (Lipinski definition) is 0. The van der Waals surface area contributed by atoms with Crippen molar-refractivity contribution in [2.45, 2.75) is 13.8 Å². The highest BCUT2D eigenvalue weighted by molar-refractivity contribution is 6.01. The van der Waals surface area contributed by atoms with Crippen molar-refractivity contribution in [1.29, 1.82) is 0 Å². The molecule has 5 rings (SSSR count). The van der Waals surface area contributed by atoms with Gasteiger partial charge in [-0.15, -0.1) is 0 Å². The second-order valence-corrected chi connectivity index (χ2v) is 6.66. The van der Waals surface area contributed by atoms with Crippen molar-refractivity contribution in [2.75, 3.05) is 7.11 Å². The zero-order chi connectivity index (χ0) is 18.5. The minimum atomic E-state index is 0.567. The number of benzene rings is 2. The van der Waals surface area contributed by atoms with Gasteiger partial charge in [-0.1, -0.05) is 11.6 Å². The van der Waals surface area contributed by atoms with Crippen LogP contribution in [0.25, 0.3) is 33.4 Å². The fourth-order valence-corrected chi connectivity index (χ4v) is 3.45. The van der Waals surface area contributed by atoms with Crippen LogP contribution < -0.4 is 9.47 Å². The summed E-state index contributed by atoms with van der Waals surface area (Å²) in [5.41, 5.74) is 5.77. The van der Waals surface area contributed by atoms with E-state index in [0.717, 1.165) is 39.3 Å². The van der Waals surface area contributed by atoms with Gasteiger partial charge in [0.15, 0.2) is 5.65 Å². The highest BCUT2D eigenvalue weighted by Crippen LogP contribution is 2.46. The fourth-order valence-electron chi connectivity index (χ4n) is 3.45. The number of hydrogen-bond acceptors (Lipinski definition) is 5. The molecule has 0 spiro atoms. The molecule has 2 aromatic carbocycles. The lowest BCUT2D eigenvalue weighted by Crippen LogP contribution is -2.04. The van der Waals surface area contributed by atoms with Crippen LogP contribution >= 0.6 is 0 Å². The number of fused-ring (bicyclic) bond motifs is 2. The van der Waals surface area contributed by atoms with E-state index in [9.17, 15) is 0 Å². The Morgan fingerprint density at radius 3 is 2.44 bits per heavy atom. The molecule has 0 bridgehead atoms. The summed E-state index contributed by atoms with van der Waals surface area (Å²) in [6.07, 6.45) is 0. The third kappa shape index (κ3) is 2.51. The summed E-state index contributed by atoms with van der Waals surface area (Å²) in [6, 6.07) is 16.1. The normalized spacial score (nSPS) is 11.8. The smallest absolute Gasteiger partial charge is 0.232 e. The third-order valence-corrected chi connectivity index (χ3v) is 4.76. The van der Waals surface area contributed by atoms with E-state index in [2.05, 4.69) is 29.0 Å². The molecule has 5 nitrogen and oxygen atoms in total. The molecule has 0 N–H and O–H groups in total. The van der Waals surface area contributed by atoms with E-state index in [1.165, 1.54) is 5.56 Å². The number of nitrogens with zero attached hydrogens (tertiary/aromatic N) is 3. The molecule has 5 heteroatoms. The standard InChI is InChI=1S/C22H17N3O2/c1-12-4-9-19-16(10-12)17-11-18(14-5-7-15(26-3)8-6-14)25-21-20(17)22(27-19)24-13(2)23-21/h4-11H,1-3H3. The van der Waals surface area contributed by atoms with E-state index in [1.807, 2.05) is 43.3 Å².